The van der Waals surface area contributed by atoms with Crippen LogP contribution in [0.1, 0.15) is 47.3 Å². The van der Waals surface area contributed by atoms with Gasteiger partial charge >= 0.3 is 5.97 Å². The predicted octanol–water partition coefficient (Wildman–Crippen LogP) is 3.17. The summed E-state index contributed by atoms with van der Waals surface area (Å²) >= 11 is 0. The molecule has 1 aliphatic rings. The number of benzene rings is 2. The van der Waals surface area contributed by atoms with Crippen LogP contribution in [-0.4, -0.2) is 27.4 Å². The van der Waals surface area contributed by atoms with E-state index in [1.807, 2.05) is 0 Å². The molecular weight excluding hydrogens is 392 g/mol. The zero-order valence-electron chi connectivity index (χ0n) is 16.6. The highest BCUT2D eigenvalue weighted by Gasteiger charge is 2.29. The van der Waals surface area contributed by atoms with Crippen molar-refractivity contribution in [2.24, 2.45) is 5.92 Å². The fourth-order valence-corrected chi connectivity index (χ4v) is 4.45. The molecule has 1 amide bonds. The summed E-state index contributed by atoms with van der Waals surface area (Å²) in [4.78, 5) is 23.6. The van der Waals surface area contributed by atoms with Crippen molar-refractivity contribution in [1.82, 2.24) is 4.72 Å². The number of hydrogen-bond donors (Lipinski definition) is 2. The van der Waals surface area contributed by atoms with Gasteiger partial charge in [0.15, 0.2) is 0 Å². The Hall–Kier alpha value is -2.71. The van der Waals surface area contributed by atoms with Gasteiger partial charge in [0.1, 0.15) is 0 Å². The summed E-state index contributed by atoms with van der Waals surface area (Å²) in [5.74, 6) is -0.463. The molecule has 2 aromatic carbocycles. The lowest BCUT2D eigenvalue weighted by atomic mass is 10.1. The monoisotopic (exact) mass is 416 g/mol. The summed E-state index contributed by atoms with van der Waals surface area (Å²) in [6.07, 6.45) is 1.86. The van der Waals surface area contributed by atoms with Gasteiger partial charge in [-0.05, 0) is 62.1 Å². The lowest BCUT2D eigenvalue weighted by molar-refractivity contribution is -0.117. The minimum atomic E-state index is -3.86. The fourth-order valence-electron chi connectivity index (χ4n) is 2.94. The molecule has 8 heteroatoms. The van der Waals surface area contributed by atoms with E-state index in [0.29, 0.717) is 11.3 Å². The van der Waals surface area contributed by atoms with Crippen molar-refractivity contribution in [3.63, 3.8) is 0 Å². The van der Waals surface area contributed by atoms with Crippen LogP contribution in [0.3, 0.4) is 0 Å². The second kappa shape index (κ2) is 8.34. The van der Waals surface area contributed by atoms with E-state index in [9.17, 15) is 18.0 Å². The van der Waals surface area contributed by atoms with E-state index in [0.717, 1.165) is 18.4 Å². The van der Waals surface area contributed by atoms with Gasteiger partial charge < -0.3 is 10.1 Å². The Kier molecular flexibility index (Phi) is 6.04. The van der Waals surface area contributed by atoms with Crippen LogP contribution in [-0.2, 0) is 19.6 Å². The molecule has 2 aromatic rings. The van der Waals surface area contributed by atoms with Crippen LogP contribution in [0.15, 0.2) is 47.4 Å². The van der Waals surface area contributed by atoms with Crippen molar-refractivity contribution < 1.29 is 22.7 Å². The van der Waals surface area contributed by atoms with Gasteiger partial charge in [0.05, 0.1) is 17.6 Å². The van der Waals surface area contributed by atoms with Crippen LogP contribution in [0.25, 0.3) is 0 Å². The first kappa shape index (κ1) is 21.0. The summed E-state index contributed by atoms with van der Waals surface area (Å²) in [7, 11) is -2.62. The number of rotatable bonds is 7. The number of carbonyl (C=O) groups is 2. The Bertz CT molecular complexity index is 1030. The molecule has 0 heterocycles. The maximum Gasteiger partial charge on any atom is 0.337 e. The first-order chi connectivity index (χ1) is 13.7. The highest BCUT2D eigenvalue weighted by molar-refractivity contribution is 7.89. The summed E-state index contributed by atoms with van der Waals surface area (Å²) in [5, 5.41) is 2.85. The maximum atomic E-state index is 12.9. The number of esters is 1. The standard InChI is InChI=1S/C21H24N2O5S/c1-13-4-5-17(21(25)28-3)12-19(13)29(26,27)23-14(2)15-8-10-18(11-9-15)22-20(24)16-6-7-16/h4-5,8-12,14,16,23H,6-7H2,1-3H3,(H,22,24). The third-order valence-electron chi connectivity index (χ3n) is 4.86. The summed E-state index contributed by atoms with van der Waals surface area (Å²) in [6, 6.07) is 11.0. The fraction of sp³-hybridized carbons (Fsp3) is 0.333. The van der Waals surface area contributed by atoms with Crippen LogP contribution in [0.4, 0.5) is 5.69 Å². The van der Waals surface area contributed by atoms with Gasteiger partial charge in [0, 0.05) is 17.6 Å². The Labute approximate surface area is 170 Å². The average molecular weight is 416 g/mol. The molecule has 0 aromatic heterocycles. The maximum absolute atomic E-state index is 12.9. The van der Waals surface area contributed by atoms with Crippen molar-refractivity contribution in [1.29, 1.82) is 0 Å². The number of aryl methyl sites for hydroxylation is 1. The van der Waals surface area contributed by atoms with Crippen molar-refractivity contribution in [2.75, 3.05) is 12.4 Å². The van der Waals surface area contributed by atoms with Gasteiger partial charge in [0.2, 0.25) is 15.9 Å². The van der Waals surface area contributed by atoms with Gasteiger partial charge in [-0.1, -0.05) is 18.2 Å². The summed E-state index contributed by atoms with van der Waals surface area (Å²) < 4.78 is 33.1. The number of hydrogen-bond acceptors (Lipinski definition) is 5. The number of sulfonamides is 1. The highest BCUT2D eigenvalue weighted by atomic mass is 32.2. The SMILES string of the molecule is COC(=O)c1ccc(C)c(S(=O)(=O)NC(C)c2ccc(NC(=O)C3CC3)cc2)c1. The van der Waals surface area contributed by atoms with E-state index in [1.165, 1.54) is 19.2 Å². The number of nitrogens with one attached hydrogen (secondary N) is 2. The molecule has 1 fully saturated rings. The zero-order chi connectivity index (χ0) is 21.2. The van der Waals surface area contributed by atoms with Crippen LogP contribution in [0.2, 0.25) is 0 Å². The Morgan fingerprint density at radius 1 is 1.10 bits per heavy atom. The van der Waals surface area contributed by atoms with E-state index in [2.05, 4.69) is 14.8 Å². The van der Waals surface area contributed by atoms with Gasteiger partial charge in [-0.3, -0.25) is 4.79 Å². The van der Waals surface area contributed by atoms with E-state index in [4.69, 9.17) is 0 Å². The molecule has 1 aliphatic carbocycles. The number of methoxy groups -OCH3 is 1. The topological polar surface area (TPSA) is 102 Å². The third-order valence-corrected chi connectivity index (χ3v) is 6.54. The first-order valence-electron chi connectivity index (χ1n) is 9.33. The van der Waals surface area contributed by atoms with Gasteiger partial charge in [-0.25, -0.2) is 17.9 Å². The number of ether oxygens (including phenoxy) is 1. The molecule has 0 spiro atoms. The molecule has 0 radical (unpaired) electrons. The molecule has 0 aliphatic heterocycles. The third kappa shape index (κ3) is 5.02. The second-order valence-electron chi connectivity index (χ2n) is 7.20. The van der Waals surface area contributed by atoms with Crippen molar-refractivity contribution in [2.45, 2.75) is 37.6 Å². The predicted molar refractivity (Wildman–Crippen MR) is 109 cm³/mol. The molecule has 0 bridgehead atoms. The van der Waals surface area contributed by atoms with Crippen molar-refractivity contribution in [3.8, 4) is 0 Å². The Morgan fingerprint density at radius 3 is 2.34 bits per heavy atom. The average Bonchev–Trinajstić information content (AvgIpc) is 3.53. The van der Waals surface area contributed by atoms with Gasteiger partial charge in [-0.15, -0.1) is 0 Å². The largest absolute Gasteiger partial charge is 0.465 e. The Balaban J connectivity index is 1.74. The molecule has 1 atom stereocenters. The molecule has 1 unspecified atom stereocenters. The van der Waals surface area contributed by atoms with Crippen LogP contribution in [0, 0.1) is 12.8 Å². The van der Waals surface area contributed by atoms with E-state index in [-0.39, 0.29) is 22.3 Å². The molecule has 0 saturated heterocycles. The number of anilines is 1. The van der Waals surface area contributed by atoms with E-state index < -0.39 is 22.0 Å². The van der Waals surface area contributed by atoms with E-state index >= 15 is 0 Å². The minimum Gasteiger partial charge on any atom is -0.465 e. The molecule has 154 valence electrons. The van der Waals surface area contributed by atoms with Crippen molar-refractivity contribution in [3.05, 3.63) is 59.2 Å². The highest BCUT2D eigenvalue weighted by Crippen LogP contribution is 2.30. The number of carbonyl (C=O) groups excluding carboxylic acids is 2. The lowest BCUT2D eigenvalue weighted by Crippen LogP contribution is -2.27. The zero-order valence-corrected chi connectivity index (χ0v) is 17.4. The van der Waals surface area contributed by atoms with Gasteiger partial charge in [0.25, 0.3) is 0 Å². The van der Waals surface area contributed by atoms with Crippen LogP contribution >= 0.6 is 0 Å². The summed E-state index contributed by atoms with van der Waals surface area (Å²) in [5.41, 5.74) is 2.12. The molecule has 2 N–H and O–H groups in total. The van der Waals surface area contributed by atoms with Crippen molar-refractivity contribution >= 4 is 27.6 Å². The quantitative estimate of drug-likeness (QED) is 0.675. The normalized spacial score (nSPS) is 14.9. The molecular formula is C21H24N2O5S. The number of amides is 1. The Morgan fingerprint density at radius 2 is 1.76 bits per heavy atom. The summed E-state index contributed by atoms with van der Waals surface area (Å²) in [6.45, 7) is 3.40. The molecule has 3 rings (SSSR count). The van der Waals surface area contributed by atoms with E-state index in [1.54, 1.807) is 44.2 Å². The van der Waals surface area contributed by atoms with Crippen LogP contribution < -0.4 is 10.0 Å². The molecule has 1 saturated carbocycles. The van der Waals surface area contributed by atoms with Gasteiger partial charge in [-0.2, -0.15) is 0 Å². The second-order valence-corrected chi connectivity index (χ2v) is 8.88. The first-order valence-corrected chi connectivity index (χ1v) is 10.8. The molecule has 29 heavy (non-hydrogen) atoms. The van der Waals surface area contributed by atoms with Crippen LogP contribution in [0.5, 0.6) is 0 Å². The smallest absolute Gasteiger partial charge is 0.337 e. The lowest BCUT2D eigenvalue weighted by Gasteiger charge is -2.17. The minimum absolute atomic E-state index is 0.0208. The molecule has 7 nitrogen and oxygen atoms in total.